The van der Waals surface area contributed by atoms with Crippen LogP contribution in [0.4, 0.5) is 18.9 Å². The number of anilines is 1. The Morgan fingerprint density at radius 1 is 1.22 bits per heavy atom. The molecule has 1 atom stereocenters. The number of halogens is 4. The van der Waals surface area contributed by atoms with Crippen LogP contribution in [0.3, 0.4) is 0 Å². The first-order valence-electron chi connectivity index (χ1n) is 9.60. The largest absolute Gasteiger partial charge is 0.573 e. The summed E-state index contributed by atoms with van der Waals surface area (Å²) in [5.41, 5.74) is 1.26. The zero-order valence-corrected chi connectivity index (χ0v) is 18.6. The van der Waals surface area contributed by atoms with Crippen molar-refractivity contribution in [2.45, 2.75) is 33.2 Å². The highest BCUT2D eigenvalue weighted by atomic mass is 35.5. The Balaban J connectivity index is 2.19. The number of benzene rings is 2. The maximum absolute atomic E-state index is 12.9. The molecule has 2 aromatic carbocycles. The van der Waals surface area contributed by atoms with E-state index in [-0.39, 0.29) is 10.7 Å². The number of amides is 1. The second-order valence-corrected chi connectivity index (χ2v) is 8.68. The van der Waals surface area contributed by atoms with Crippen molar-refractivity contribution in [3.05, 3.63) is 53.3 Å². The molecule has 1 aromatic heterocycles. The van der Waals surface area contributed by atoms with Crippen LogP contribution in [0.25, 0.3) is 11.0 Å². The molecule has 0 spiro atoms. The Morgan fingerprint density at radius 3 is 2.41 bits per heavy atom. The molecule has 0 aliphatic rings. The number of imidazole rings is 1. The number of rotatable bonds is 4. The molecule has 1 unspecified atom stereocenters. The number of terminal acetylenes is 1. The van der Waals surface area contributed by atoms with Gasteiger partial charge in [0.15, 0.2) is 0 Å². The van der Waals surface area contributed by atoms with Crippen molar-refractivity contribution in [2.24, 2.45) is 12.5 Å². The zero-order chi connectivity index (χ0) is 23.8. The van der Waals surface area contributed by atoms with Gasteiger partial charge < -0.3 is 9.30 Å². The van der Waals surface area contributed by atoms with E-state index in [2.05, 4.69) is 10.7 Å². The quantitative estimate of drug-likeness (QED) is 0.454. The Kier molecular flexibility index (Phi) is 6.16. The summed E-state index contributed by atoms with van der Waals surface area (Å²) in [6.45, 7) is 5.74. The van der Waals surface area contributed by atoms with Crippen molar-refractivity contribution in [2.75, 3.05) is 4.90 Å². The Morgan fingerprint density at radius 2 is 1.88 bits per heavy atom. The van der Waals surface area contributed by atoms with Crippen LogP contribution in [0.15, 0.2) is 42.5 Å². The van der Waals surface area contributed by atoms with E-state index in [0.717, 1.165) is 17.1 Å². The van der Waals surface area contributed by atoms with Gasteiger partial charge >= 0.3 is 12.3 Å². The number of hydrogen-bond donors (Lipinski definition) is 0. The molecule has 1 heterocycles. The fraction of sp³-hybridized carbons (Fsp3) is 0.304. The van der Waals surface area contributed by atoms with Gasteiger partial charge in [0.2, 0.25) is 0 Å². The maximum atomic E-state index is 12.9. The Hall–Kier alpha value is -3.18. The topological polar surface area (TPSA) is 47.4 Å². The summed E-state index contributed by atoms with van der Waals surface area (Å²) in [4.78, 5) is 19.0. The summed E-state index contributed by atoms with van der Waals surface area (Å²) < 4.78 is 43.7. The summed E-state index contributed by atoms with van der Waals surface area (Å²) >= 11 is 6.05. The zero-order valence-electron chi connectivity index (χ0n) is 17.9. The van der Waals surface area contributed by atoms with E-state index >= 15 is 0 Å². The molecule has 5 nitrogen and oxygen atoms in total. The summed E-state index contributed by atoms with van der Waals surface area (Å²) in [6, 6.07) is 10.4. The molecule has 32 heavy (non-hydrogen) atoms. The van der Waals surface area contributed by atoms with Crippen LogP contribution in [0.2, 0.25) is 5.02 Å². The molecule has 0 radical (unpaired) electrons. The predicted molar refractivity (Wildman–Crippen MR) is 117 cm³/mol. The van der Waals surface area contributed by atoms with Gasteiger partial charge in [0, 0.05) is 12.7 Å². The minimum atomic E-state index is -4.90. The van der Waals surface area contributed by atoms with Crippen LogP contribution in [-0.4, -0.2) is 21.8 Å². The number of carbonyl (C=O) groups excluding carboxylic acids is 1. The predicted octanol–water partition coefficient (Wildman–Crippen LogP) is 5.88. The first kappa shape index (κ1) is 23.5. The molecule has 0 fully saturated rings. The number of ether oxygens (including phenoxy) is 1. The Labute approximate surface area is 188 Å². The SMILES string of the molecule is C#CC(=O)N(c1ccc(OC(F)(F)F)c(Cl)c1)C(c1nc2ccccc2n1C)C(C)(C)C. The summed E-state index contributed by atoms with van der Waals surface area (Å²) in [7, 11) is 1.83. The van der Waals surface area contributed by atoms with Crippen molar-refractivity contribution in [3.63, 3.8) is 0 Å². The highest BCUT2D eigenvalue weighted by Crippen LogP contribution is 2.43. The van der Waals surface area contributed by atoms with Gasteiger partial charge in [-0.3, -0.25) is 9.69 Å². The molecule has 3 aromatic rings. The average Bonchev–Trinajstić information content (AvgIpc) is 3.01. The molecule has 168 valence electrons. The fourth-order valence-electron chi connectivity index (χ4n) is 3.60. The van der Waals surface area contributed by atoms with E-state index in [1.807, 2.05) is 56.7 Å². The van der Waals surface area contributed by atoms with Crippen molar-refractivity contribution in [1.82, 2.24) is 9.55 Å². The molecule has 1 amide bonds. The monoisotopic (exact) mass is 463 g/mol. The minimum Gasteiger partial charge on any atom is -0.404 e. The van der Waals surface area contributed by atoms with Gasteiger partial charge in [-0.1, -0.05) is 44.5 Å². The molecule has 0 aliphatic heterocycles. The van der Waals surface area contributed by atoms with Gasteiger partial charge in [0.25, 0.3) is 0 Å². The molecule has 3 rings (SSSR count). The molecular formula is C23H21ClF3N3O2. The number of carbonyl (C=O) groups is 1. The summed E-state index contributed by atoms with van der Waals surface area (Å²) in [6.07, 6.45) is 0.557. The van der Waals surface area contributed by atoms with Gasteiger partial charge in [-0.25, -0.2) is 4.98 Å². The fourth-order valence-corrected chi connectivity index (χ4v) is 3.81. The number of aromatic nitrogens is 2. The van der Waals surface area contributed by atoms with Gasteiger partial charge in [-0.15, -0.1) is 19.6 Å². The van der Waals surface area contributed by atoms with Crippen molar-refractivity contribution in [1.29, 1.82) is 0 Å². The number of aryl methyl sites for hydroxylation is 1. The number of nitrogens with zero attached hydrogens (tertiary/aromatic N) is 3. The average molecular weight is 464 g/mol. The van der Waals surface area contributed by atoms with Crippen molar-refractivity contribution < 1.29 is 22.7 Å². The molecule has 0 bridgehead atoms. The van der Waals surface area contributed by atoms with Crippen LogP contribution in [0.1, 0.15) is 32.6 Å². The van der Waals surface area contributed by atoms with Gasteiger partial charge in [-0.2, -0.15) is 0 Å². The standard InChI is InChI=1S/C23H21ClF3N3O2/c1-6-19(31)30(14-11-12-18(15(24)13-14)32-23(25,26)27)20(22(2,3)4)21-28-16-9-7-8-10-17(16)29(21)5/h1,7-13,20H,2-5H3. The van der Waals surface area contributed by atoms with E-state index in [0.29, 0.717) is 5.82 Å². The number of fused-ring (bicyclic) bond motifs is 1. The van der Waals surface area contributed by atoms with E-state index in [1.54, 1.807) is 0 Å². The smallest absolute Gasteiger partial charge is 0.404 e. The van der Waals surface area contributed by atoms with E-state index < -0.39 is 29.5 Å². The minimum absolute atomic E-state index is 0.222. The van der Waals surface area contributed by atoms with Crippen molar-refractivity contribution >= 4 is 34.2 Å². The summed E-state index contributed by atoms with van der Waals surface area (Å²) in [5, 5.41) is -0.313. The first-order chi connectivity index (χ1) is 14.8. The second kappa shape index (κ2) is 8.40. The van der Waals surface area contributed by atoms with Gasteiger partial charge in [-0.05, 0) is 41.7 Å². The molecule has 0 saturated heterocycles. The number of para-hydroxylation sites is 2. The van der Waals surface area contributed by atoms with Gasteiger partial charge in [0.05, 0.1) is 16.1 Å². The highest BCUT2D eigenvalue weighted by molar-refractivity contribution is 6.32. The first-order valence-corrected chi connectivity index (χ1v) is 9.97. The molecule has 0 N–H and O–H groups in total. The lowest BCUT2D eigenvalue weighted by molar-refractivity contribution is -0.274. The third-order valence-electron chi connectivity index (χ3n) is 4.91. The number of alkyl halides is 3. The maximum Gasteiger partial charge on any atom is 0.573 e. The second-order valence-electron chi connectivity index (χ2n) is 8.27. The van der Waals surface area contributed by atoms with Gasteiger partial charge in [0.1, 0.15) is 17.6 Å². The van der Waals surface area contributed by atoms with Crippen LogP contribution in [0.5, 0.6) is 5.75 Å². The molecule has 0 aliphatic carbocycles. The van der Waals surface area contributed by atoms with E-state index in [9.17, 15) is 18.0 Å². The molecular weight excluding hydrogens is 443 g/mol. The number of hydrogen-bond acceptors (Lipinski definition) is 3. The normalized spacial score (nSPS) is 13.0. The van der Waals surface area contributed by atoms with Crippen molar-refractivity contribution in [3.8, 4) is 18.1 Å². The van der Waals surface area contributed by atoms with Crippen LogP contribution >= 0.6 is 11.6 Å². The van der Waals surface area contributed by atoms with Crippen LogP contribution < -0.4 is 9.64 Å². The molecule has 0 saturated carbocycles. The lowest BCUT2D eigenvalue weighted by Crippen LogP contribution is -2.42. The van der Waals surface area contributed by atoms with E-state index in [1.165, 1.54) is 17.0 Å². The highest BCUT2D eigenvalue weighted by Gasteiger charge is 2.39. The summed E-state index contributed by atoms with van der Waals surface area (Å²) in [5.74, 6) is 1.41. The van der Waals surface area contributed by atoms with Crippen LogP contribution in [-0.2, 0) is 11.8 Å². The lowest BCUT2D eigenvalue weighted by atomic mass is 9.84. The lowest BCUT2D eigenvalue weighted by Gasteiger charge is -2.39. The third kappa shape index (κ3) is 4.68. The molecule has 9 heteroatoms. The third-order valence-corrected chi connectivity index (χ3v) is 5.20. The van der Waals surface area contributed by atoms with Crippen LogP contribution in [0, 0.1) is 17.8 Å². The Bertz CT molecular complexity index is 1210. The van der Waals surface area contributed by atoms with E-state index in [4.69, 9.17) is 23.0 Å².